The number of aliphatic imine (C=N–C) groups is 1. The molecule has 27 heavy (non-hydrogen) atoms. The molecule has 2 rings (SSSR count). The van der Waals surface area contributed by atoms with Crippen molar-refractivity contribution >= 4 is 29.9 Å². The van der Waals surface area contributed by atoms with Crippen molar-refractivity contribution in [1.82, 2.24) is 10.2 Å². The molecule has 0 aliphatic carbocycles. The van der Waals surface area contributed by atoms with Crippen LogP contribution >= 0.6 is 24.0 Å². The van der Waals surface area contributed by atoms with Gasteiger partial charge in [-0.05, 0) is 38.3 Å². The fourth-order valence-electron chi connectivity index (χ4n) is 2.73. The van der Waals surface area contributed by atoms with Crippen molar-refractivity contribution in [3.05, 3.63) is 30.3 Å². The molecule has 1 heterocycles. The fraction of sp³-hybridized carbons (Fsp3) is 0.650. The van der Waals surface area contributed by atoms with E-state index < -0.39 is 0 Å². The van der Waals surface area contributed by atoms with E-state index in [1.807, 2.05) is 37.4 Å². The normalized spacial score (nSPS) is 16.7. The molecule has 7 heteroatoms. The molecule has 0 aromatic heterocycles. The number of halogens is 1. The molecule has 1 fully saturated rings. The quantitative estimate of drug-likeness (QED) is 0.223. The lowest BCUT2D eigenvalue weighted by molar-refractivity contribution is 0.0170. The Kier molecular flexibility index (Phi) is 13.3. The molecule has 0 saturated carbocycles. The highest BCUT2D eigenvalue weighted by Gasteiger charge is 2.14. The lowest BCUT2D eigenvalue weighted by Crippen LogP contribution is -2.41. The van der Waals surface area contributed by atoms with Gasteiger partial charge in [0.2, 0.25) is 0 Å². The van der Waals surface area contributed by atoms with E-state index in [1.165, 1.54) is 0 Å². The summed E-state index contributed by atoms with van der Waals surface area (Å²) in [5.74, 6) is 1.80. The van der Waals surface area contributed by atoms with E-state index in [0.29, 0.717) is 19.3 Å². The Morgan fingerprint density at radius 2 is 2.11 bits per heavy atom. The number of ether oxygens (including phenoxy) is 3. The molecule has 1 atom stereocenters. The van der Waals surface area contributed by atoms with E-state index in [2.05, 4.69) is 22.1 Å². The Labute approximate surface area is 180 Å². The number of nitrogens with zero attached hydrogens (tertiary/aromatic N) is 2. The SMILES string of the molecule is CCNC(=NCCCOCC1CCCO1)N(C)CCOc1ccccc1.I. The van der Waals surface area contributed by atoms with Crippen molar-refractivity contribution in [3.8, 4) is 5.75 Å². The molecular weight excluding hydrogens is 457 g/mol. The maximum absolute atomic E-state index is 5.75. The standard InChI is InChI=1S/C20H33N3O3.HI/c1-3-21-20(22-12-8-14-24-17-19-11-7-15-25-19)23(2)13-16-26-18-9-5-4-6-10-18;/h4-6,9-10,19H,3,7-8,11-17H2,1-2H3,(H,21,22);1H. The van der Waals surface area contributed by atoms with Gasteiger partial charge in [0.25, 0.3) is 0 Å². The fourth-order valence-corrected chi connectivity index (χ4v) is 2.73. The van der Waals surface area contributed by atoms with Gasteiger partial charge in [-0.2, -0.15) is 0 Å². The molecule has 6 nitrogen and oxygen atoms in total. The third kappa shape index (κ3) is 10.2. The smallest absolute Gasteiger partial charge is 0.193 e. The summed E-state index contributed by atoms with van der Waals surface area (Å²) in [5.41, 5.74) is 0. The Morgan fingerprint density at radius 1 is 1.30 bits per heavy atom. The summed E-state index contributed by atoms with van der Waals surface area (Å²) in [4.78, 5) is 6.77. The van der Waals surface area contributed by atoms with E-state index in [-0.39, 0.29) is 24.0 Å². The van der Waals surface area contributed by atoms with Crippen LogP contribution in [0, 0.1) is 0 Å². The van der Waals surface area contributed by atoms with Crippen LogP contribution in [0.3, 0.4) is 0 Å². The molecule has 154 valence electrons. The molecular formula is C20H34IN3O3. The average Bonchev–Trinajstić information content (AvgIpc) is 3.18. The zero-order chi connectivity index (χ0) is 18.5. The van der Waals surface area contributed by atoms with Crippen molar-refractivity contribution in [2.75, 3.05) is 53.1 Å². The van der Waals surface area contributed by atoms with Gasteiger partial charge in [0.15, 0.2) is 5.96 Å². The first-order valence-electron chi connectivity index (χ1n) is 9.66. The van der Waals surface area contributed by atoms with Gasteiger partial charge in [-0.25, -0.2) is 0 Å². The lowest BCUT2D eigenvalue weighted by atomic mass is 10.2. The zero-order valence-corrected chi connectivity index (χ0v) is 18.9. The largest absolute Gasteiger partial charge is 0.492 e. The Bertz CT molecular complexity index is 510. The van der Waals surface area contributed by atoms with Gasteiger partial charge in [0.1, 0.15) is 12.4 Å². The molecule has 1 aliphatic heterocycles. The molecule has 0 spiro atoms. The summed E-state index contributed by atoms with van der Waals surface area (Å²) in [6.07, 6.45) is 3.49. The number of hydrogen-bond acceptors (Lipinski definition) is 4. The van der Waals surface area contributed by atoms with Gasteiger partial charge in [-0.15, -0.1) is 24.0 Å². The Morgan fingerprint density at radius 3 is 2.81 bits per heavy atom. The maximum Gasteiger partial charge on any atom is 0.193 e. The van der Waals surface area contributed by atoms with Crippen molar-refractivity contribution in [3.63, 3.8) is 0 Å². The van der Waals surface area contributed by atoms with Gasteiger partial charge in [-0.1, -0.05) is 18.2 Å². The number of benzene rings is 1. The molecule has 1 aromatic rings. The molecule has 1 aliphatic rings. The predicted molar refractivity (Wildman–Crippen MR) is 120 cm³/mol. The molecule has 0 radical (unpaired) electrons. The molecule has 1 N–H and O–H groups in total. The van der Waals surface area contributed by atoms with Gasteiger partial charge in [0.05, 0.1) is 19.3 Å². The highest BCUT2D eigenvalue weighted by atomic mass is 127. The van der Waals surface area contributed by atoms with Crippen LogP contribution in [0.2, 0.25) is 0 Å². The van der Waals surface area contributed by atoms with Crippen molar-refractivity contribution in [2.24, 2.45) is 4.99 Å². The molecule has 0 amide bonds. The van der Waals surface area contributed by atoms with Gasteiger partial charge < -0.3 is 24.4 Å². The second kappa shape index (κ2) is 14.9. The van der Waals surface area contributed by atoms with E-state index >= 15 is 0 Å². The third-order valence-corrected chi connectivity index (χ3v) is 4.17. The minimum atomic E-state index is 0. The van der Waals surface area contributed by atoms with Crippen molar-refractivity contribution < 1.29 is 14.2 Å². The first kappa shape index (κ1) is 24.0. The Hall–Kier alpha value is -1.06. The molecule has 1 aromatic carbocycles. The number of rotatable bonds is 11. The molecule has 0 bridgehead atoms. The van der Waals surface area contributed by atoms with Crippen LogP contribution in [0.5, 0.6) is 5.75 Å². The van der Waals surface area contributed by atoms with Crippen LogP contribution in [0.15, 0.2) is 35.3 Å². The van der Waals surface area contributed by atoms with Crippen LogP contribution in [0.1, 0.15) is 26.2 Å². The topological polar surface area (TPSA) is 55.3 Å². The number of guanidine groups is 1. The van der Waals surface area contributed by atoms with E-state index in [0.717, 1.165) is 63.8 Å². The minimum absolute atomic E-state index is 0. The zero-order valence-electron chi connectivity index (χ0n) is 16.6. The average molecular weight is 491 g/mol. The van der Waals surface area contributed by atoms with E-state index in [9.17, 15) is 0 Å². The lowest BCUT2D eigenvalue weighted by Gasteiger charge is -2.22. The number of hydrogen-bond donors (Lipinski definition) is 1. The Balaban J connectivity index is 0.00000364. The second-order valence-electron chi connectivity index (χ2n) is 6.38. The number of likely N-dealkylation sites (N-methyl/N-ethyl adjacent to an activating group) is 1. The summed E-state index contributed by atoms with van der Waals surface area (Å²) < 4.78 is 17.0. The first-order valence-corrected chi connectivity index (χ1v) is 9.66. The summed E-state index contributed by atoms with van der Waals surface area (Å²) in [6, 6.07) is 9.88. The number of para-hydroxylation sites is 1. The molecule has 1 unspecified atom stereocenters. The minimum Gasteiger partial charge on any atom is -0.492 e. The van der Waals surface area contributed by atoms with Crippen LogP contribution in [0.25, 0.3) is 0 Å². The maximum atomic E-state index is 5.75. The van der Waals surface area contributed by atoms with Gasteiger partial charge >= 0.3 is 0 Å². The highest BCUT2D eigenvalue weighted by Crippen LogP contribution is 2.12. The third-order valence-electron chi connectivity index (χ3n) is 4.17. The van der Waals surface area contributed by atoms with Crippen LogP contribution in [0.4, 0.5) is 0 Å². The van der Waals surface area contributed by atoms with Crippen LogP contribution in [-0.4, -0.2) is 70.1 Å². The van der Waals surface area contributed by atoms with Crippen molar-refractivity contribution in [2.45, 2.75) is 32.3 Å². The number of nitrogens with one attached hydrogen (secondary N) is 1. The van der Waals surface area contributed by atoms with Gasteiger partial charge in [0, 0.05) is 33.4 Å². The van der Waals surface area contributed by atoms with Crippen LogP contribution in [-0.2, 0) is 9.47 Å². The first-order chi connectivity index (χ1) is 12.8. The monoisotopic (exact) mass is 491 g/mol. The predicted octanol–water partition coefficient (Wildman–Crippen LogP) is 3.17. The summed E-state index contributed by atoms with van der Waals surface area (Å²) in [5, 5.41) is 3.33. The van der Waals surface area contributed by atoms with Gasteiger partial charge in [-0.3, -0.25) is 4.99 Å². The highest BCUT2D eigenvalue weighted by molar-refractivity contribution is 14.0. The van der Waals surface area contributed by atoms with E-state index in [4.69, 9.17) is 14.2 Å². The van der Waals surface area contributed by atoms with Crippen LogP contribution < -0.4 is 10.1 Å². The molecule has 1 saturated heterocycles. The summed E-state index contributed by atoms with van der Waals surface area (Å²) in [6.45, 7) is 7.38. The van der Waals surface area contributed by atoms with E-state index in [1.54, 1.807) is 0 Å². The summed E-state index contributed by atoms with van der Waals surface area (Å²) >= 11 is 0. The second-order valence-corrected chi connectivity index (χ2v) is 6.38. The van der Waals surface area contributed by atoms with Crippen molar-refractivity contribution in [1.29, 1.82) is 0 Å². The summed E-state index contributed by atoms with van der Waals surface area (Å²) in [7, 11) is 2.03.